The van der Waals surface area contributed by atoms with Crippen molar-refractivity contribution in [1.29, 1.82) is 0 Å². The van der Waals surface area contributed by atoms with Crippen LogP contribution in [0.1, 0.15) is 27.1 Å². The van der Waals surface area contributed by atoms with E-state index < -0.39 is 0 Å². The molecular weight excluding hydrogens is 404 g/mol. The Morgan fingerprint density at radius 2 is 1.60 bits per heavy atom. The Bertz CT molecular complexity index is 937. The van der Waals surface area contributed by atoms with Gasteiger partial charge in [0.1, 0.15) is 0 Å². The van der Waals surface area contributed by atoms with Crippen molar-refractivity contribution < 1.29 is 14.4 Å². The van der Waals surface area contributed by atoms with Crippen LogP contribution in [0.5, 0.6) is 0 Å². The van der Waals surface area contributed by atoms with Gasteiger partial charge in [0, 0.05) is 50.0 Å². The highest BCUT2D eigenvalue weighted by atomic mass is 35.5. The van der Waals surface area contributed by atoms with Crippen LogP contribution in [0.4, 0.5) is 10.5 Å². The van der Waals surface area contributed by atoms with E-state index in [1.54, 1.807) is 29.2 Å². The summed E-state index contributed by atoms with van der Waals surface area (Å²) in [6, 6.07) is 14.4. The number of anilines is 1. The molecule has 2 aliphatic heterocycles. The van der Waals surface area contributed by atoms with Crippen LogP contribution >= 0.6 is 11.6 Å². The first-order chi connectivity index (χ1) is 14.5. The topological polar surface area (TPSA) is 73.0 Å². The molecule has 2 aromatic rings. The SMILES string of the molecule is O=C(NCCCN1C(=O)c2ccccc2C1=O)N1CCN(c2cccc(Cl)c2)CC1. The van der Waals surface area contributed by atoms with E-state index in [9.17, 15) is 14.4 Å². The number of nitrogens with zero attached hydrogens (tertiary/aromatic N) is 3. The van der Waals surface area contributed by atoms with Crippen LogP contribution in [0.15, 0.2) is 48.5 Å². The lowest BCUT2D eigenvalue weighted by Crippen LogP contribution is -2.52. The molecule has 1 saturated heterocycles. The number of halogens is 1. The van der Waals surface area contributed by atoms with Crippen LogP contribution in [-0.2, 0) is 0 Å². The number of piperazine rings is 1. The molecule has 8 heteroatoms. The molecule has 0 radical (unpaired) electrons. The third kappa shape index (κ3) is 4.11. The molecule has 4 amide bonds. The summed E-state index contributed by atoms with van der Waals surface area (Å²) in [7, 11) is 0. The van der Waals surface area contributed by atoms with Crippen LogP contribution in [0, 0.1) is 0 Å². The van der Waals surface area contributed by atoms with Crippen LogP contribution in [0.3, 0.4) is 0 Å². The van der Waals surface area contributed by atoms with E-state index >= 15 is 0 Å². The van der Waals surface area contributed by atoms with Crippen LogP contribution in [0.2, 0.25) is 5.02 Å². The maximum absolute atomic E-state index is 12.4. The van der Waals surface area contributed by atoms with Gasteiger partial charge in [-0.05, 0) is 36.8 Å². The molecule has 1 fully saturated rings. The molecule has 0 spiro atoms. The molecule has 0 unspecified atom stereocenters. The Morgan fingerprint density at radius 3 is 2.23 bits per heavy atom. The van der Waals surface area contributed by atoms with E-state index in [2.05, 4.69) is 10.2 Å². The lowest BCUT2D eigenvalue weighted by Gasteiger charge is -2.36. The predicted molar refractivity (Wildman–Crippen MR) is 115 cm³/mol. The molecular formula is C22H23ClN4O3. The number of carbonyl (C=O) groups excluding carboxylic acids is 3. The first-order valence-corrected chi connectivity index (χ1v) is 10.4. The minimum absolute atomic E-state index is 0.122. The molecule has 2 aromatic carbocycles. The molecule has 0 aromatic heterocycles. The van der Waals surface area contributed by atoms with Gasteiger partial charge in [-0.15, -0.1) is 0 Å². The van der Waals surface area contributed by atoms with Crippen LogP contribution in [-0.4, -0.2) is 66.9 Å². The fourth-order valence-electron chi connectivity index (χ4n) is 3.83. The van der Waals surface area contributed by atoms with E-state index in [0.29, 0.717) is 42.2 Å². The number of hydrogen-bond donors (Lipinski definition) is 1. The minimum atomic E-state index is -0.265. The zero-order valence-electron chi connectivity index (χ0n) is 16.5. The van der Waals surface area contributed by atoms with Gasteiger partial charge in [-0.25, -0.2) is 4.79 Å². The second-order valence-electron chi connectivity index (χ2n) is 7.35. The Labute approximate surface area is 180 Å². The van der Waals surface area contributed by atoms with E-state index in [1.165, 1.54) is 4.90 Å². The number of carbonyl (C=O) groups is 3. The van der Waals surface area contributed by atoms with Crippen molar-refractivity contribution in [2.45, 2.75) is 6.42 Å². The van der Waals surface area contributed by atoms with E-state index in [-0.39, 0.29) is 24.4 Å². The molecule has 7 nitrogen and oxygen atoms in total. The number of amides is 4. The quantitative estimate of drug-likeness (QED) is 0.589. The minimum Gasteiger partial charge on any atom is -0.368 e. The van der Waals surface area contributed by atoms with Gasteiger partial charge in [-0.1, -0.05) is 29.8 Å². The molecule has 156 valence electrons. The van der Waals surface area contributed by atoms with Gasteiger partial charge in [0.25, 0.3) is 11.8 Å². The Hall–Kier alpha value is -3.06. The van der Waals surface area contributed by atoms with Crippen molar-refractivity contribution in [2.24, 2.45) is 0 Å². The lowest BCUT2D eigenvalue weighted by atomic mass is 10.1. The summed E-state index contributed by atoms with van der Waals surface area (Å²) in [4.78, 5) is 42.4. The number of rotatable bonds is 5. The molecule has 4 rings (SSSR count). The van der Waals surface area contributed by atoms with Crippen molar-refractivity contribution in [2.75, 3.05) is 44.2 Å². The average molecular weight is 427 g/mol. The van der Waals surface area contributed by atoms with E-state index in [4.69, 9.17) is 11.6 Å². The maximum atomic E-state index is 12.4. The van der Waals surface area contributed by atoms with Gasteiger partial charge in [-0.2, -0.15) is 0 Å². The molecule has 2 heterocycles. The summed E-state index contributed by atoms with van der Waals surface area (Å²) in [6.45, 7) is 3.41. The van der Waals surface area contributed by atoms with Gasteiger partial charge < -0.3 is 15.1 Å². The van der Waals surface area contributed by atoms with Crippen molar-refractivity contribution in [3.05, 3.63) is 64.7 Å². The van der Waals surface area contributed by atoms with Crippen molar-refractivity contribution >= 4 is 35.1 Å². The van der Waals surface area contributed by atoms with Gasteiger partial charge in [0.2, 0.25) is 0 Å². The predicted octanol–water partition coefficient (Wildman–Crippen LogP) is 2.86. The third-order valence-electron chi connectivity index (χ3n) is 5.45. The van der Waals surface area contributed by atoms with E-state index in [0.717, 1.165) is 18.8 Å². The number of benzene rings is 2. The molecule has 0 bridgehead atoms. The fourth-order valence-corrected chi connectivity index (χ4v) is 4.01. The van der Waals surface area contributed by atoms with Crippen LogP contribution in [0.25, 0.3) is 0 Å². The van der Waals surface area contributed by atoms with Crippen molar-refractivity contribution in [3.8, 4) is 0 Å². The van der Waals surface area contributed by atoms with Gasteiger partial charge in [0.15, 0.2) is 0 Å². The van der Waals surface area contributed by atoms with Gasteiger partial charge >= 0.3 is 6.03 Å². The number of imide groups is 1. The smallest absolute Gasteiger partial charge is 0.317 e. The van der Waals surface area contributed by atoms with Crippen molar-refractivity contribution in [1.82, 2.24) is 15.1 Å². The van der Waals surface area contributed by atoms with Gasteiger partial charge in [0.05, 0.1) is 11.1 Å². The highest BCUT2D eigenvalue weighted by molar-refractivity contribution is 6.30. The highest BCUT2D eigenvalue weighted by Gasteiger charge is 2.34. The summed E-state index contributed by atoms with van der Waals surface area (Å²) in [5.41, 5.74) is 1.96. The Kier molecular flexibility index (Phi) is 5.90. The maximum Gasteiger partial charge on any atom is 0.317 e. The Morgan fingerprint density at radius 1 is 0.933 bits per heavy atom. The summed E-state index contributed by atoms with van der Waals surface area (Å²) in [5.74, 6) is -0.530. The molecule has 0 aliphatic carbocycles. The standard InChI is InChI=1S/C22H23ClN4O3/c23-16-5-3-6-17(15-16)25-11-13-26(14-12-25)22(30)24-9-4-10-27-20(28)18-7-1-2-8-19(18)21(27)29/h1-3,5-8,15H,4,9-14H2,(H,24,30). The number of fused-ring (bicyclic) bond motifs is 1. The first kappa shape index (κ1) is 20.2. The number of nitrogens with one attached hydrogen (secondary N) is 1. The van der Waals surface area contributed by atoms with Gasteiger partial charge in [-0.3, -0.25) is 14.5 Å². The van der Waals surface area contributed by atoms with Crippen molar-refractivity contribution in [3.63, 3.8) is 0 Å². The summed E-state index contributed by atoms with van der Waals surface area (Å²) in [6.07, 6.45) is 0.514. The van der Waals surface area contributed by atoms with Crippen LogP contribution < -0.4 is 10.2 Å². The molecule has 0 saturated carbocycles. The Balaban J connectivity index is 1.20. The summed E-state index contributed by atoms with van der Waals surface area (Å²) < 4.78 is 0. The average Bonchev–Trinajstić information content (AvgIpc) is 3.01. The first-order valence-electron chi connectivity index (χ1n) is 10.0. The second-order valence-corrected chi connectivity index (χ2v) is 7.78. The molecule has 0 atom stereocenters. The number of hydrogen-bond acceptors (Lipinski definition) is 4. The molecule has 30 heavy (non-hydrogen) atoms. The zero-order chi connectivity index (χ0) is 21.1. The monoisotopic (exact) mass is 426 g/mol. The molecule has 2 aliphatic rings. The summed E-state index contributed by atoms with van der Waals surface area (Å²) >= 11 is 6.06. The largest absolute Gasteiger partial charge is 0.368 e. The highest BCUT2D eigenvalue weighted by Crippen LogP contribution is 2.22. The molecule has 1 N–H and O–H groups in total. The zero-order valence-corrected chi connectivity index (χ0v) is 17.3. The lowest BCUT2D eigenvalue weighted by molar-refractivity contribution is 0.0653. The third-order valence-corrected chi connectivity index (χ3v) is 5.69. The number of urea groups is 1. The second kappa shape index (κ2) is 8.75. The normalized spacial score (nSPS) is 16.1. The summed E-state index contributed by atoms with van der Waals surface area (Å²) in [5, 5.41) is 3.59. The van der Waals surface area contributed by atoms with E-state index in [1.807, 2.05) is 24.3 Å². The fraction of sp³-hybridized carbons (Fsp3) is 0.318.